The Hall–Kier alpha value is -4.96. The summed E-state index contributed by atoms with van der Waals surface area (Å²) in [7, 11) is 0. The molecular weight excluding hydrogens is 628 g/mol. The summed E-state index contributed by atoms with van der Waals surface area (Å²) >= 11 is 0. The highest BCUT2D eigenvalue weighted by molar-refractivity contribution is 5.91. The first-order chi connectivity index (χ1) is 24.0. The molecule has 0 N–H and O–H groups in total. The summed E-state index contributed by atoms with van der Waals surface area (Å²) in [6.07, 6.45) is 10.2. The molecule has 49 heavy (non-hydrogen) atoms. The quantitative estimate of drug-likeness (QED) is 0.0206. The minimum Gasteiger partial charge on any atom is -0.494 e. The number of rotatable bonds is 26. The fourth-order valence-corrected chi connectivity index (χ4v) is 4.45. The maximum Gasteiger partial charge on any atom is 0.343 e. The molecule has 0 heterocycles. The zero-order valence-corrected chi connectivity index (χ0v) is 28.4. The summed E-state index contributed by atoms with van der Waals surface area (Å²) in [6.45, 7) is 11.2. The standard InChI is InChI=1S/C39H48O10/c1-4-38(40)46-27-13-9-8-12-25-44-33-16-14-32(15-17-33)39(41)49-37-23-22-36(28-31(37)3)48-30-47-35-20-18-34(19-21-35)45-26-11-7-6-10-24-43-29-42-5-2/h4-5,14-23,28H,1-2,6-13,24-27,29-30H2,3H3. The second kappa shape index (κ2) is 23.4. The molecule has 3 aromatic rings. The van der Waals surface area contributed by atoms with Crippen LogP contribution >= 0.6 is 0 Å². The molecule has 0 unspecified atom stereocenters. The molecule has 0 fully saturated rings. The Morgan fingerprint density at radius 3 is 1.73 bits per heavy atom. The van der Waals surface area contributed by atoms with Crippen molar-refractivity contribution in [3.8, 4) is 28.7 Å². The Labute approximate surface area is 289 Å². The first-order valence-electron chi connectivity index (χ1n) is 16.6. The Kier molecular flexibility index (Phi) is 18.4. The van der Waals surface area contributed by atoms with Crippen LogP contribution in [0, 0.1) is 6.92 Å². The van der Waals surface area contributed by atoms with Crippen LogP contribution in [0.2, 0.25) is 0 Å². The van der Waals surface area contributed by atoms with Crippen molar-refractivity contribution < 1.29 is 47.5 Å². The third kappa shape index (κ3) is 16.1. The Morgan fingerprint density at radius 2 is 1.14 bits per heavy atom. The van der Waals surface area contributed by atoms with Gasteiger partial charge in [0.05, 0.1) is 38.3 Å². The van der Waals surface area contributed by atoms with E-state index in [9.17, 15) is 9.59 Å². The van der Waals surface area contributed by atoms with Gasteiger partial charge >= 0.3 is 11.9 Å². The smallest absolute Gasteiger partial charge is 0.343 e. The van der Waals surface area contributed by atoms with Crippen molar-refractivity contribution in [3.63, 3.8) is 0 Å². The molecule has 0 spiro atoms. The summed E-state index contributed by atoms with van der Waals surface area (Å²) in [5, 5.41) is 0. The molecule has 0 aliphatic heterocycles. The van der Waals surface area contributed by atoms with E-state index in [2.05, 4.69) is 13.2 Å². The van der Waals surface area contributed by atoms with Gasteiger partial charge in [0.2, 0.25) is 6.79 Å². The Bertz CT molecular complexity index is 1400. The molecule has 0 saturated heterocycles. The first-order valence-corrected chi connectivity index (χ1v) is 16.6. The van der Waals surface area contributed by atoms with Gasteiger partial charge in [-0.3, -0.25) is 0 Å². The fraction of sp³-hybridized carbons (Fsp3) is 0.385. The van der Waals surface area contributed by atoms with Crippen LogP contribution in [0.3, 0.4) is 0 Å². The van der Waals surface area contributed by atoms with E-state index in [1.165, 1.54) is 6.26 Å². The third-order valence-corrected chi connectivity index (χ3v) is 7.15. The van der Waals surface area contributed by atoms with Gasteiger partial charge in [0.25, 0.3) is 0 Å². The largest absolute Gasteiger partial charge is 0.494 e. The SMILES string of the molecule is C=COCOCCCCCCOc1ccc(OCOc2ccc(OC(=O)c3ccc(OCCCCCCOC(=O)C=C)cc3)c(C)c2)cc1. The number of aryl methyl sites for hydroxylation is 1. The van der Waals surface area contributed by atoms with Crippen molar-refractivity contribution >= 4 is 11.9 Å². The molecular formula is C39H48O10. The molecule has 0 saturated carbocycles. The average Bonchev–Trinajstić information content (AvgIpc) is 3.12. The van der Waals surface area contributed by atoms with E-state index in [0.717, 1.165) is 68.8 Å². The second-order valence-electron chi connectivity index (χ2n) is 11.0. The lowest BCUT2D eigenvalue weighted by Gasteiger charge is -2.12. The zero-order chi connectivity index (χ0) is 34.9. The molecule has 0 amide bonds. The second-order valence-corrected chi connectivity index (χ2v) is 11.0. The van der Waals surface area contributed by atoms with Gasteiger partial charge in [0.15, 0.2) is 6.79 Å². The minimum absolute atomic E-state index is 0.0177. The lowest BCUT2D eigenvalue weighted by molar-refractivity contribution is -0.137. The van der Waals surface area contributed by atoms with Crippen LogP contribution in [0.4, 0.5) is 0 Å². The third-order valence-electron chi connectivity index (χ3n) is 7.15. The summed E-state index contributed by atoms with van der Waals surface area (Å²) < 4.78 is 43.8. The highest BCUT2D eigenvalue weighted by atomic mass is 16.7. The summed E-state index contributed by atoms with van der Waals surface area (Å²) in [6, 6.07) is 19.5. The molecule has 10 nitrogen and oxygen atoms in total. The van der Waals surface area contributed by atoms with Gasteiger partial charge in [-0.2, -0.15) is 0 Å². The number of ether oxygens (including phenoxy) is 8. The zero-order valence-electron chi connectivity index (χ0n) is 28.4. The van der Waals surface area contributed by atoms with Gasteiger partial charge in [-0.05, 0) is 124 Å². The highest BCUT2D eigenvalue weighted by Gasteiger charge is 2.12. The van der Waals surface area contributed by atoms with Gasteiger partial charge in [-0.25, -0.2) is 9.59 Å². The predicted octanol–water partition coefficient (Wildman–Crippen LogP) is 8.37. The van der Waals surface area contributed by atoms with Crippen molar-refractivity contribution in [3.05, 3.63) is 103 Å². The number of benzene rings is 3. The van der Waals surface area contributed by atoms with Crippen molar-refractivity contribution in [1.82, 2.24) is 0 Å². The van der Waals surface area contributed by atoms with Crippen molar-refractivity contribution in [2.45, 2.75) is 58.3 Å². The van der Waals surface area contributed by atoms with Crippen LogP contribution in [0.5, 0.6) is 28.7 Å². The topological polar surface area (TPSA) is 108 Å². The van der Waals surface area contributed by atoms with Crippen LogP contribution < -0.4 is 23.7 Å². The van der Waals surface area contributed by atoms with E-state index in [1.54, 1.807) is 42.5 Å². The molecule has 0 bridgehead atoms. The highest BCUT2D eigenvalue weighted by Crippen LogP contribution is 2.25. The molecule has 0 aliphatic rings. The van der Waals surface area contributed by atoms with Crippen LogP contribution in [0.1, 0.15) is 67.3 Å². The number of hydrogen-bond donors (Lipinski definition) is 0. The number of carbonyl (C=O) groups is 2. The molecule has 0 radical (unpaired) electrons. The molecule has 264 valence electrons. The van der Waals surface area contributed by atoms with E-state index in [0.29, 0.717) is 55.0 Å². The summed E-state index contributed by atoms with van der Waals surface area (Å²) in [4.78, 5) is 23.8. The molecule has 0 atom stereocenters. The molecule has 0 aromatic heterocycles. The van der Waals surface area contributed by atoms with Crippen LogP contribution in [0.25, 0.3) is 0 Å². The first kappa shape index (κ1) is 38.5. The van der Waals surface area contributed by atoms with Gasteiger partial charge in [0, 0.05) is 6.08 Å². The van der Waals surface area contributed by atoms with E-state index >= 15 is 0 Å². The van der Waals surface area contributed by atoms with Crippen LogP contribution in [-0.4, -0.2) is 52.0 Å². The van der Waals surface area contributed by atoms with Gasteiger partial charge in [0.1, 0.15) is 28.7 Å². The number of hydrogen-bond acceptors (Lipinski definition) is 10. The van der Waals surface area contributed by atoms with E-state index < -0.39 is 11.9 Å². The van der Waals surface area contributed by atoms with E-state index in [-0.39, 0.29) is 13.6 Å². The summed E-state index contributed by atoms with van der Waals surface area (Å²) in [5.41, 5.74) is 1.16. The maximum absolute atomic E-state index is 12.7. The van der Waals surface area contributed by atoms with Gasteiger partial charge in [-0.1, -0.05) is 19.6 Å². The van der Waals surface area contributed by atoms with Crippen LogP contribution in [-0.2, 0) is 19.0 Å². The number of unbranched alkanes of at least 4 members (excludes halogenated alkanes) is 6. The predicted molar refractivity (Wildman–Crippen MR) is 186 cm³/mol. The van der Waals surface area contributed by atoms with Crippen LogP contribution in [0.15, 0.2) is 92.2 Å². The number of esters is 2. The monoisotopic (exact) mass is 676 g/mol. The van der Waals surface area contributed by atoms with Crippen molar-refractivity contribution in [1.29, 1.82) is 0 Å². The van der Waals surface area contributed by atoms with Gasteiger partial charge < -0.3 is 37.9 Å². The summed E-state index contributed by atoms with van der Waals surface area (Å²) in [5.74, 6) is 2.29. The Morgan fingerprint density at radius 1 is 0.612 bits per heavy atom. The minimum atomic E-state index is -0.465. The molecule has 0 aliphatic carbocycles. The van der Waals surface area contributed by atoms with Crippen molar-refractivity contribution in [2.75, 3.05) is 40.0 Å². The van der Waals surface area contributed by atoms with E-state index in [4.69, 9.17) is 37.9 Å². The lowest BCUT2D eigenvalue weighted by Crippen LogP contribution is -2.10. The number of carbonyl (C=O) groups excluding carboxylic acids is 2. The normalized spacial score (nSPS) is 10.5. The average molecular weight is 677 g/mol. The lowest BCUT2D eigenvalue weighted by atomic mass is 10.2. The molecule has 3 rings (SSSR count). The fourth-order valence-electron chi connectivity index (χ4n) is 4.45. The van der Waals surface area contributed by atoms with Crippen molar-refractivity contribution in [2.24, 2.45) is 0 Å². The maximum atomic E-state index is 12.7. The van der Waals surface area contributed by atoms with E-state index in [1.807, 2.05) is 31.2 Å². The molecule has 10 heteroatoms. The Balaban J connectivity index is 1.28. The van der Waals surface area contributed by atoms with Gasteiger partial charge in [-0.15, -0.1) is 0 Å². The molecule has 3 aromatic carbocycles.